The Balaban J connectivity index is 3.42. The summed E-state index contributed by atoms with van der Waals surface area (Å²) < 4.78 is 0. The zero-order chi connectivity index (χ0) is 7.98. The average molecular weight is 139 g/mol. The predicted octanol–water partition coefficient (Wildman–Crippen LogP) is 2.10. The molecule has 0 radical (unpaired) electrons. The Bertz CT molecular complexity index is 114. The third kappa shape index (κ3) is 5.57. The highest BCUT2D eigenvalue weighted by Crippen LogP contribution is 1.97. The van der Waals surface area contributed by atoms with Gasteiger partial charge in [0.1, 0.15) is 0 Å². The van der Waals surface area contributed by atoms with Crippen molar-refractivity contribution in [3.05, 3.63) is 24.8 Å². The number of hydrogen-bond donors (Lipinski definition) is 1. The summed E-state index contributed by atoms with van der Waals surface area (Å²) in [6.45, 7) is 7.90. The Morgan fingerprint density at radius 2 is 2.10 bits per heavy atom. The molecular formula is C9H17N. The van der Waals surface area contributed by atoms with E-state index in [1.807, 2.05) is 0 Å². The second-order valence-electron chi connectivity index (χ2n) is 2.81. The lowest BCUT2D eigenvalue weighted by Crippen LogP contribution is -2.14. The molecule has 0 aliphatic carbocycles. The maximum Gasteiger partial charge on any atom is 0.0256 e. The van der Waals surface area contributed by atoms with Gasteiger partial charge < -0.3 is 5.73 Å². The van der Waals surface area contributed by atoms with Gasteiger partial charge in [0.2, 0.25) is 0 Å². The highest BCUT2D eigenvalue weighted by molar-refractivity contribution is 4.93. The molecule has 1 heteroatoms. The molecular weight excluding hydrogens is 122 g/mol. The monoisotopic (exact) mass is 139 g/mol. The van der Waals surface area contributed by atoms with Crippen LogP contribution in [0.1, 0.15) is 20.3 Å². The molecule has 0 rings (SSSR count). The van der Waals surface area contributed by atoms with Crippen LogP contribution in [0.3, 0.4) is 0 Å². The molecule has 1 nitrogen and oxygen atoms in total. The summed E-state index contributed by atoms with van der Waals surface area (Å²) in [6.07, 6.45) is 6.94. The van der Waals surface area contributed by atoms with Crippen molar-refractivity contribution in [1.82, 2.24) is 0 Å². The Kier molecular flexibility index (Phi) is 4.95. The first-order valence-electron chi connectivity index (χ1n) is 3.71. The summed E-state index contributed by atoms with van der Waals surface area (Å²) in [7, 11) is 0. The van der Waals surface area contributed by atoms with Crippen LogP contribution in [0.4, 0.5) is 0 Å². The fraction of sp³-hybridized carbons (Fsp3) is 0.556. The Hall–Kier alpha value is -0.560. The van der Waals surface area contributed by atoms with Crippen molar-refractivity contribution in [3.63, 3.8) is 0 Å². The SMILES string of the molecule is C=CC(N)C/C=C/C(C)C. The maximum absolute atomic E-state index is 5.59. The zero-order valence-electron chi connectivity index (χ0n) is 6.88. The first-order chi connectivity index (χ1) is 4.66. The molecule has 2 N–H and O–H groups in total. The van der Waals surface area contributed by atoms with E-state index in [1.165, 1.54) is 0 Å². The fourth-order valence-electron chi connectivity index (χ4n) is 0.604. The van der Waals surface area contributed by atoms with Crippen molar-refractivity contribution in [1.29, 1.82) is 0 Å². The summed E-state index contributed by atoms with van der Waals surface area (Å²) in [6, 6.07) is 0.120. The van der Waals surface area contributed by atoms with Crippen LogP contribution in [-0.2, 0) is 0 Å². The highest BCUT2D eigenvalue weighted by Gasteiger charge is 1.90. The van der Waals surface area contributed by atoms with Gasteiger partial charge in [-0.3, -0.25) is 0 Å². The molecule has 58 valence electrons. The Labute approximate surface area is 63.6 Å². The number of nitrogens with two attached hydrogens (primary N) is 1. The molecule has 10 heavy (non-hydrogen) atoms. The van der Waals surface area contributed by atoms with Gasteiger partial charge >= 0.3 is 0 Å². The van der Waals surface area contributed by atoms with Crippen LogP contribution in [0.5, 0.6) is 0 Å². The summed E-state index contributed by atoms with van der Waals surface area (Å²) in [5, 5.41) is 0. The van der Waals surface area contributed by atoms with E-state index in [1.54, 1.807) is 6.08 Å². The van der Waals surface area contributed by atoms with Gasteiger partial charge in [-0.2, -0.15) is 0 Å². The van der Waals surface area contributed by atoms with Crippen molar-refractivity contribution < 1.29 is 0 Å². The van der Waals surface area contributed by atoms with Crippen LogP contribution in [-0.4, -0.2) is 6.04 Å². The van der Waals surface area contributed by atoms with Gasteiger partial charge in [-0.15, -0.1) is 6.58 Å². The van der Waals surface area contributed by atoms with E-state index in [0.29, 0.717) is 5.92 Å². The minimum Gasteiger partial charge on any atom is -0.324 e. The smallest absolute Gasteiger partial charge is 0.0256 e. The van der Waals surface area contributed by atoms with Crippen LogP contribution in [0.25, 0.3) is 0 Å². The molecule has 0 aromatic rings. The van der Waals surface area contributed by atoms with Crippen LogP contribution in [0.2, 0.25) is 0 Å². The third-order valence-electron chi connectivity index (χ3n) is 1.23. The third-order valence-corrected chi connectivity index (χ3v) is 1.23. The lowest BCUT2D eigenvalue weighted by atomic mass is 10.1. The molecule has 0 fully saturated rings. The lowest BCUT2D eigenvalue weighted by molar-refractivity contribution is 0.797. The zero-order valence-corrected chi connectivity index (χ0v) is 6.88. The van der Waals surface area contributed by atoms with Gasteiger partial charge in [0.25, 0.3) is 0 Å². The summed E-state index contributed by atoms with van der Waals surface area (Å²) >= 11 is 0. The lowest BCUT2D eigenvalue weighted by Gasteiger charge is -1.99. The van der Waals surface area contributed by atoms with Gasteiger partial charge in [0.15, 0.2) is 0 Å². The minimum absolute atomic E-state index is 0.120. The number of rotatable bonds is 4. The Morgan fingerprint density at radius 3 is 2.50 bits per heavy atom. The fourth-order valence-corrected chi connectivity index (χ4v) is 0.604. The summed E-state index contributed by atoms with van der Waals surface area (Å²) in [5.74, 6) is 0.622. The van der Waals surface area contributed by atoms with Gasteiger partial charge in [0, 0.05) is 6.04 Å². The van der Waals surface area contributed by atoms with E-state index >= 15 is 0 Å². The quantitative estimate of drug-likeness (QED) is 0.593. The minimum atomic E-state index is 0.120. The molecule has 1 unspecified atom stereocenters. The molecule has 0 spiro atoms. The summed E-state index contributed by atoms with van der Waals surface area (Å²) in [5.41, 5.74) is 5.59. The molecule has 1 atom stereocenters. The predicted molar refractivity (Wildman–Crippen MR) is 46.8 cm³/mol. The number of hydrogen-bond acceptors (Lipinski definition) is 1. The van der Waals surface area contributed by atoms with Crippen molar-refractivity contribution in [3.8, 4) is 0 Å². The largest absolute Gasteiger partial charge is 0.324 e. The van der Waals surface area contributed by atoms with E-state index in [2.05, 4.69) is 32.6 Å². The van der Waals surface area contributed by atoms with Crippen molar-refractivity contribution in [2.75, 3.05) is 0 Å². The van der Waals surface area contributed by atoms with E-state index < -0.39 is 0 Å². The molecule has 0 aliphatic heterocycles. The molecule has 0 heterocycles. The van der Waals surface area contributed by atoms with Gasteiger partial charge in [-0.1, -0.05) is 32.1 Å². The van der Waals surface area contributed by atoms with Crippen LogP contribution >= 0.6 is 0 Å². The van der Waals surface area contributed by atoms with Gasteiger partial charge in [-0.05, 0) is 12.3 Å². The second kappa shape index (κ2) is 5.24. The first-order valence-corrected chi connectivity index (χ1v) is 3.71. The van der Waals surface area contributed by atoms with Crippen molar-refractivity contribution >= 4 is 0 Å². The molecule has 0 aliphatic rings. The number of allylic oxidation sites excluding steroid dienone is 1. The van der Waals surface area contributed by atoms with E-state index in [-0.39, 0.29) is 6.04 Å². The normalized spacial score (nSPS) is 14.4. The standard InChI is InChI=1S/C9H17N/c1-4-9(10)7-5-6-8(2)3/h4-6,8-9H,1,7,10H2,2-3H3/b6-5+. The van der Waals surface area contributed by atoms with E-state index in [4.69, 9.17) is 5.73 Å². The molecule has 0 saturated carbocycles. The van der Waals surface area contributed by atoms with Gasteiger partial charge in [0.05, 0.1) is 0 Å². The molecule has 0 aromatic heterocycles. The second-order valence-corrected chi connectivity index (χ2v) is 2.81. The first kappa shape index (κ1) is 9.44. The highest BCUT2D eigenvalue weighted by atomic mass is 14.6. The van der Waals surface area contributed by atoms with E-state index in [0.717, 1.165) is 6.42 Å². The topological polar surface area (TPSA) is 26.0 Å². The van der Waals surface area contributed by atoms with Crippen molar-refractivity contribution in [2.45, 2.75) is 26.3 Å². The van der Waals surface area contributed by atoms with Gasteiger partial charge in [-0.25, -0.2) is 0 Å². The Morgan fingerprint density at radius 1 is 1.50 bits per heavy atom. The van der Waals surface area contributed by atoms with E-state index in [9.17, 15) is 0 Å². The van der Waals surface area contributed by atoms with Crippen LogP contribution in [0, 0.1) is 5.92 Å². The maximum atomic E-state index is 5.59. The van der Waals surface area contributed by atoms with Crippen molar-refractivity contribution in [2.24, 2.45) is 11.7 Å². The van der Waals surface area contributed by atoms with Crippen LogP contribution < -0.4 is 5.73 Å². The molecule has 0 aromatic carbocycles. The molecule has 0 amide bonds. The summed E-state index contributed by atoms with van der Waals surface area (Å²) in [4.78, 5) is 0. The molecule has 0 bridgehead atoms. The van der Waals surface area contributed by atoms with Crippen LogP contribution in [0.15, 0.2) is 24.8 Å². The molecule has 0 saturated heterocycles. The average Bonchev–Trinajstić information content (AvgIpc) is 1.87.